The van der Waals surface area contributed by atoms with Crippen LogP contribution in [0.1, 0.15) is 13.8 Å². The molecular weight excluding hydrogens is 291 g/mol. The van der Waals surface area contributed by atoms with Gasteiger partial charge in [-0.2, -0.15) is 5.26 Å². The average molecular weight is 308 g/mol. The van der Waals surface area contributed by atoms with E-state index in [-0.39, 0.29) is 0 Å². The molecule has 1 unspecified atom stereocenters. The lowest BCUT2D eigenvalue weighted by Gasteiger charge is -2.01. The second-order valence-electron chi connectivity index (χ2n) is 2.75. The van der Waals surface area contributed by atoms with Crippen molar-refractivity contribution >= 4 is 25.9 Å². The van der Waals surface area contributed by atoms with Crippen LogP contribution in [0.15, 0.2) is 5.16 Å². The summed E-state index contributed by atoms with van der Waals surface area (Å²) in [5.41, 5.74) is -0.515. The maximum atomic E-state index is 11.0. The molecule has 0 aliphatic rings. The fraction of sp³-hybridized carbons (Fsp3) is 0.556. The number of oxime groups is 1. The Kier molecular flexibility index (Phi) is 13.7. The van der Waals surface area contributed by atoms with Crippen LogP contribution in [0.4, 0.5) is 4.79 Å². The third kappa shape index (κ3) is 12.5. The number of hydrogen-bond donors (Lipinski definition) is 3. The fourth-order valence-corrected chi connectivity index (χ4v) is 0.941. The summed E-state index contributed by atoms with van der Waals surface area (Å²) in [6.45, 7) is 4.05. The zero-order chi connectivity index (χ0) is 16.0. The maximum absolute atomic E-state index is 11.0. The molecule has 3 amide bonds. The molecule has 0 fully saturated rings. The molecule has 10 nitrogen and oxygen atoms in total. The molecule has 0 aliphatic carbocycles. The van der Waals surface area contributed by atoms with E-state index in [1.807, 2.05) is 5.32 Å². The number of imide groups is 1. The molecule has 3 N–H and O–H groups in total. The SMILES string of the molecule is CCNC(=O)NC(=O)/C(C#N)=N/OC.CCO[PH](=O)O. The van der Waals surface area contributed by atoms with E-state index in [1.54, 1.807) is 13.8 Å². The van der Waals surface area contributed by atoms with Crippen LogP contribution in [0.5, 0.6) is 0 Å². The molecule has 0 rings (SSSR count). The zero-order valence-corrected chi connectivity index (χ0v) is 12.3. The van der Waals surface area contributed by atoms with Gasteiger partial charge >= 0.3 is 14.3 Å². The van der Waals surface area contributed by atoms with Crippen LogP contribution in [0.25, 0.3) is 0 Å². The highest BCUT2D eigenvalue weighted by molar-refractivity contribution is 7.32. The highest BCUT2D eigenvalue weighted by atomic mass is 31.1. The quantitative estimate of drug-likeness (QED) is 0.360. The van der Waals surface area contributed by atoms with E-state index >= 15 is 0 Å². The zero-order valence-electron chi connectivity index (χ0n) is 11.3. The number of amides is 3. The van der Waals surface area contributed by atoms with Crippen molar-refractivity contribution in [3.8, 4) is 6.07 Å². The first-order valence-electron chi connectivity index (χ1n) is 5.38. The van der Waals surface area contributed by atoms with Gasteiger partial charge in [0.1, 0.15) is 13.2 Å². The molecule has 114 valence electrons. The Labute approximate surface area is 116 Å². The number of carbonyl (C=O) groups excluding carboxylic acids is 2. The Bertz CT molecular complexity index is 406. The van der Waals surface area contributed by atoms with Crippen molar-refractivity contribution in [1.29, 1.82) is 5.26 Å². The van der Waals surface area contributed by atoms with Crippen molar-refractivity contribution in [2.45, 2.75) is 13.8 Å². The minimum Gasteiger partial charge on any atom is -0.398 e. The largest absolute Gasteiger partial charge is 0.398 e. The van der Waals surface area contributed by atoms with Crippen LogP contribution in [0.3, 0.4) is 0 Å². The molecule has 0 bridgehead atoms. The molecule has 0 saturated heterocycles. The molecule has 0 heterocycles. The van der Waals surface area contributed by atoms with Gasteiger partial charge in [-0.1, -0.05) is 5.16 Å². The Morgan fingerprint density at radius 2 is 2.05 bits per heavy atom. The maximum Gasteiger partial charge on any atom is 0.321 e. The number of carbonyl (C=O) groups is 2. The molecule has 0 aromatic rings. The Hall–Kier alpha value is -1.95. The van der Waals surface area contributed by atoms with Gasteiger partial charge < -0.3 is 19.6 Å². The lowest BCUT2D eigenvalue weighted by atomic mass is 10.4. The topological polar surface area (TPSA) is 150 Å². The van der Waals surface area contributed by atoms with Crippen LogP contribution in [0, 0.1) is 11.3 Å². The summed E-state index contributed by atoms with van der Waals surface area (Å²) < 4.78 is 13.7. The summed E-state index contributed by atoms with van der Waals surface area (Å²) in [5.74, 6) is -0.903. The van der Waals surface area contributed by atoms with Crippen LogP contribution in [-0.4, -0.2) is 42.8 Å². The number of nitrogens with one attached hydrogen (secondary N) is 2. The van der Waals surface area contributed by atoms with Crippen LogP contribution < -0.4 is 10.6 Å². The molecule has 0 aromatic heterocycles. The molecule has 11 heteroatoms. The molecule has 0 spiro atoms. The summed E-state index contributed by atoms with van der Waals surface area (Å²) >= 11 is 0. The normalized spacial score (nSPS) is 11.2. The van der Waals surface area contributed by atoms with Gasteiger partial charge in [-0.15, -0.1) is 0 Å². The fourth-order valence-electron chi connectivity index (χ4n) is 0.694. The molecule has 0 radical (unpaired) electrons. The third-order valence-corrected chi connectivity index (χ3v) is 1.87. The molecule has 0 saturated carbocycles. The average Bonchev–Trinajstić information content (AvgIpc) is 2.36. The van der Waals surface area contributed by atoms with E-state index in [0.29, 0.717) is 13.2 Å². The van der Waals surface area contributed by atoms with E-state index in [2.05, 4.69) is 19.8 Å². The highest BCUT2D eigenvalue weighted by Gasteiger charge is 2.14. The van der Waals surface area contributed by atoms with Crippen molar-refractivity contribution < 1.29 is 28.4 Å². The van der Waals surface area contributed by atoms with Gasteiger partial charge in [0.05, 0.1) is 6.61 Å². The third-order valence-electron chi connectivity index (χ3n) is 1.34. The molecule has 0 aliphatic heterocycles. The first-order chi connectivity index (χ1) is 9.42. The van der Waals surface area contributed by atoms with Gasteiger partial charge in [0.25, 0.3) is 5.91 Å². The van der Waals surface area contributed by atoms with E-state index in [9.17, 15) is 14.2 Å². The Morgan fingerprint density at radius 1 is 1.45 bits per heavy atom. The summed E-state index contributed by atoms with van der Waals surface area (Å²) in [6.07, 6.45) is 0. The van der Waals surface area contributed by atoms with Crippen LogP contribution in [-0.2, 0) is 18.7 Å². The van der Waals surface area contributed by atoms with E-state index < -0.39 is 25.9 Å². The molecule has 1 atom stereocenters. The summed E-state index contributed by atoms with van der Waals surface area (Å²) in [7, 11) is -1.44. The van der Waals surface area contributed by atoms with E-state index in [1.165, 1.54) is 13.2 Å². The molecule has 20 heavy (non-hydrogen) atoms. The van der Waals surface area contributed by atoms with Crippen LogP contribution >= 0.6 is 8.25 Å². The standard InChI is InChI=1S/C7H10N4O3.C2H7O3P/c1-3-9-7(13)10-6(12)5(4-8)11-14-2;1-2-5-6(3)4/h3H2,1-2H3,(H2,9,10,12,13);6H,2H2,1H3,(H,3,4)/b11-5+;. The lowest BCUT2D eigenvalue weighted by molar-refractivity contribution is -0.113. The number of nitriles is 1. The van der Waals surface area contributed by atoms with Gasteiger partial charge in [-0.3, -0.25) is 14.7 Å². The predicted octanol–water partition coefficient (Wildman–Crippen LogP) is -0.237. The monoisotopic (exact) mass is 308 g/mol. The van der Waals surface area contributed by atoms with Gasteiger partial charge in [-0.25, -0.2) is 4.79 Å². The summed E-state index contributed by atoms with van der Waals surface area (Å²) in [4.78, 5) is 34.0. The van der Waals surface area contributed by atoms with E-state index in [4.69, 9.17) is 10.2 Å². The van der Waals surface area contributed by atoms with Crippen molar-refractivity contribution in [3.63, 3.8) is 0 Å². The number of urea groups is 1. The van der Waals surface area contributed by atoms with Gasteiger partial charge in [0.2, 0.25) is 5.71 Å². The summed E-state index contributed by atoms with van der Waals surface area (Å²) in [5, 5.41) is 15.8. The van der Waals surface area contributed by atoms with Gasteiger partial charge in [0, 0.05) is 6.54 Å². The van der Waals surface area contributed by atoms with Gasteiger partial charge in [-0.05, 0) is 13.8 Å². The number of rotatable bonds is 5. The lowest BCUT2D eigenvalue weighted by Crippen LogP contribution is -2.42. The van der Waals surface area contributed by atoms with Crippen molar-refractivity contribution in [3.05, 3.63) is 0 Å². The molecular formula is C9H17N4O6P. The highest BCUT2D eigenvalue weighted by Crippen LogP contribution is 2.12. The second-order valence-corrected chi connectivity index (χ2v) is 3.57. The number of nitrogens with zero attached hydrogens (tertiary/aromatic N) is 2. The molecule has 0 aromatic carbocycles. The van der Waals surface area contributed by atoms with Gasteiger partial charge in [0.15, 0.2) is 0 Å². The number of hydrogen-bond acceptors (Lipinski definition) is 7. The smallest absolute Gasteiger partial charge is 0.321 e. The minimum atomic E-state index is -2.64. The minimum absolute atomic E-state index is 0.314. The first-order valence-corrected chi connectivity index (χ1v) is 6.65. The van der Waals surface area contributed by atoms with Crippen molar-refractivity contribution in [2.24, 2.45) is 5.16 Å². The Balaban J connectivity index is 0. The summed E-state index contributed by atoms with van der Waals surface area (Å²) in [6, 6.07) is 0.799. The first kappa shape index (κ1) is 20.4. The Morgan fingerprint density at radius 3 is 2.35 bits per heavy atom. The van der Waals surface area contributed by atoms with E-state index in [0.717, 1.165) is 0 Å². The van der Waals surface area contributed by atoms with Crippen molar-refractivity contribution in [1.82, 2.24) is 10.6 Å². The van der Waals surface area contributed by atoms with Crippen LogP contribution in [0.2, 0.25) is 0 Å². The second kappa shape index (κ2) is 13.5. The van der Waals surface area contributed by atoms with Crippen molar-refractivity contribution in [2.75, 3.05) is 20.3 Å². The predicted molar refractivity (Wildman–Crippen MR) is 70.1 cm³/mol.